The molecule has 0 bridgehead atoms. The van der Waals surface area contributed by atoms with Gasteiger partial charge in [-0.2, -0.15) is 0 Å². The SMILES string of the molecule is O[C@H]1CC[C@](F)(CC[C@@H]2c3ccccc3-c3cncn32)CC1. The van der Waals surface area contributed by atoms with Crippen LogP contribution >= 0.6 is 0 Å². The first kappa shape index (κ1) is 13.9. The zero-order valence-corrected chi connectivity index (χ0v) is 12.6. The summed E-state index contributed by atoms with van der Waals surface area (Å²) in [6.45, 7) is 0. The molecule has 1 atom stereocenters. The molecule has 1 aliphatic heterocycles. The van der Waals surface area contributed by atoms with Gasteiger partial charge in [-0.05, 0) is 44.1 Å². The highest BCUT2D eigenvalue weighted by Crippen LogP contribution is 2.44. The van der Waals surface area contributed by atoms with Crippen molar-refractivity contribution < 1.29 is 9.50 Å². The summed E-state index contributed by atoms with van der Waals surface area (Å²) in [4.78, 5) is 4.25. The van der Waals surface area contributed by atoms with Crippen molar-refractivity contribution in [3.8, 4) is 11.3 Å². The summed E-state index contributed by atoms with van der Waals surface area (Å²) >= 11 is 0. The lowest BCUT2D eigenvalue weighted by molar-refractivity contribution is 0.0253. The second-order valence-corrected chi connectivity index (χ2v) is 6.71. The van der Waals surface area contributed by atoms with Crippen LogP contribution in [0.2, 0.25) is 0 Å². The molecule has 22 heavy (non-hydrogen) atoms. The van der Waals surface area contributed by atoms with Gasteiger partial charge in [0.1, 0.15) is 5.67 Å². The zero-order chi connectivity index (χ0) is 15.2. The van der Waals surface area contributed by atoms with E-state index in [1.807, 2.05) is 24.7 Å². The van der Waals surface area contributed by atoms with Crippen molar-refractivity contribution in [3.05, 3.63) is 42.4 Å². The average Bonchev–Trinajstić information content (AvgIpc) is 3.10. The molecule has 2 aromatic rings. The van der Waals surface area contributed by atoms with Crippen molar-refractivity contribution in [3.63, 3.8) is 0 Å². The molecule has 1 saturated carbocycles. The molecule has 1 N–H and O–H groups in total. The van der Waals surface area contributed by atoms with E-state index in [1.54, 1.807) is 0 Å². The van der Waals surface area contributed by atoms with Gasteiger partial charge in [-0.15, -0.1) is 0 Å². The summed E-state index contributed by atoms with van der Waals surface area (Å²) in [6.07, 6.45) is 6.93. The third-order valence-electron chi connectivity index (χ3n) is 5.31. The van der Waals surface area contributed by atoms with E-state index in [1.165, 1.54) is 11.1 Å². The van der Waals surface area contributed by atoms with Crippen LogP contribution in [0.25, 0.3) is 11.3 Å². The number of nitrogens with zero attached hydrogens (tertiary/aromatic N) is 2. The van der Waals surface area contributed by atoms with Gasteiger partial charge in [-0.1, -0.05) is 24.3 Å². The smallest absolute Gasteiger partial charge is 0.111 e. The van der Waals surface area contributed by atoms with Gasteiger partial charge >= 0.3 is 0 Å². The molecule has 0 unspecified atom stereocenters. The molecule has 1 aromatic carbocycles. The molecule has 0 radical (unpaired) electrons. The number of hydrogen-bond acceptors (Lipinski definition) is 2. The maximum atomic E-state index is 14.9. The first-order valence-corrected chi connectivity index (χ1v) is 8.14. The number of aromatic nitrogens is 2. The monoisotopic (exact) mass is 300 g/mol. The highest BCUT2D eigenvalue weighted by molar-refractivity contribution is 5.68. The number of fused-ring (bicyclic) bond motifs is 3. The first-order valence-electron chi connectivity index (χ1n) is 8.14. The maximum absolute atomic E-state index is 14.9. The second kappa shape index (κ2) is 5.20. The standard InChI is InChI=1S/C18H21FN2O/c19-18(8-5-13(22)6-9-18)10-7-16-14-3-1-2-4-15(14)17-11-20-12-21(16)17/h1-4,11-13,16,22H,5-10H2/t13-,16-,18+/m1/s1. The number of rotatable bonds is 3. The molecule has 0 spiro atoms. The molecule has 4 heteroatoms. The summed E-state index contributed by atoms with van der Waals surface area (Å²) in [5.74, 6) is 0. The van der Waals surface area contributed by atoms with E-state index in [9.17, 15) is 9.50 Å². The number of aliphatic hydroxyl groups is 1. The Hall–Kier alpha value is -1.68. The molecular formula is C18H21FN2O. The average molecular weight is 300 g/mol. The molecule has 116 valence electrons. The highest BCUT2D eigenvalue weighted by Gasteiger charge is 2.37. The van der Waals surface area contributed by atoms with E-state index >= 15 is 0 Å². The van der Waals surface area contributed by atoms with Gasteiger partial charge in [0.2, 0.25) is 0 Å². The molecule has 1 aromatic heterocycles. The quantitative estimate of drug-likeness (QED) is 0.934. The van der Waals surface area contributed by atoms with Gasteiger partial charge in [0, 0.05) is 5.56 Å². The molecule has 3 nitrogen and oxygen atoms in total. The van der Waals surface area contributed by atoms with E-state index in [2.05, 4.69) is 21.7 Å². The minimum atomic E-state index is -1.11. The lowest BCUT2D eigenvalue weighted by Gasteiger charge is -2.33. The molecule has 0 amide bonds. The molecule has 1 aliphatic carbocycles. The van der Waals surface area contributed by atoms with Crippen LogP contribution in [0.15, 0.2) is 36.8 Å². The van der Waals surface area contributed by atoms with E-state index in [0.717, 1.165) is 12.1 Å². The molecule has 2 heterocycles. The van der Waals surface area contributed by atoms with E-state index in [4.69, 9.17) is 0 Å². The van der Waals surface area contributed by atoms with E-state index < -0.39 is 5.67 Å². The van der Waals surface area contributed by atoms with Crippen LogP contribution in [0, 0.1) is 0 Å². The Kier molecular flexibility index (Phi) is 3.30. The first-order chi connectivity index (χ1) is 10.7. The summed E-state index contributed by atoms with van der Waals surface area (Å²) in [5, 5.41) is 9.57. The summed E-state index contributed by atoms with van der Waals surface area (Å²) in [5.41, 5.74) is 2.52. The minimum Gasteiger partial charge on any atom is -0.393 e. The van der Waals surface area contributed by atoms with Crippen molar-refractivity contribution in [2.45, 2.75) is 56.3 Å². The van der Waals surface area contributed by atoms with Gasteiger partial charge in [-0.25, -0.2) is 9.37 Å². The topological polar surface area (TPSA) is 38.1 Å². The minimum absolute atomic E-state index is 0.188. The summed E-state index contributed by atoms with van der Waals surface area (Å²) in [6, 6.07) is 8.53. The number of aliphatic hydroxyl groups excluding tert-OH is 1. The number of alkyl halides is 1. The zero-order valence-electron chi connectivity index (χ0n) is 12.6. The Morgan fingerprint density at radius 1 is 1.27 bits per heavy atom. The fourth-order valence-corrected chi connectivity index (χ4v) is 3.99. The number of imidazole rings is 1. The highest BCUT2D eigenvalue weighted by atomic mass is 19.1. The largest absolute Gasteiger partial charge is 0.393 e. The normalized spacial score (nSPS) is 30.1. The number of benzene rings is 1. The fourth-order valence-electron chi connectivity index (χ4n) is 3.99. The lowest BCUT2D eigenvalue weighted by atomic mass is 9.80. The van der Waals surface area contributed by atoms with Gasteiger partial charge < -0.3 is 9.67 Å². The predicted molar refractivity (Wildman–Crippen MR) is 83.3 cm³/mol. The van der Waals surface area contributed by atoms with Crippen molar-refractivity contribution in [1.82, 2.24) is 9.55 Å². The predicted octanol–water partition coefficient (Wildman–Crippen LogP) is 3.88. The fraction of sp³-hybridized carbons (Fsp3) is 0.500. The summed E-state index contributed by atoms with van der Waals surface area (Å²) < 4.78 is 17.1. The molecule has 4 rings (SSSR count). The third-order valence-corrected chi connectivity index (χ3v) is 5.31. The van der Waals surface area contributed by atoms with Crippen LogP contribution in [0.1, 0.15) is 50.1 Å². The van der Waals surface area contributed by atoms with Gasteiger partial charge in [0.05, 0.1) is 30.4 Å². The summed E-state index contributed by atoms with van der Waals surface area (Å²) in [7, 11) is 0. The van der Waals surface area contributed by atoms with Crippen LogP contribution in [0.4, 0.5) is 4.39 Å². The molecular weight excluding hydrogens is 279 g/mol. The third kappa shape index (κ3) is 2.26. The Labute approximate surface area is 129 Å². The lowest BCUT2D eigenvalue weighted by Crippen LogP contribution is -2.32. The Balaban J connectivity index is 1.54. The molecule has 2 aliphatic rings. The van der Waals surface area contributed by atoms with Crippen molar-refractivity contribution in [2.24, 2.45) is 0 Å². The van der Waals surface area contributed by atoms with Crippen molar-refractivity contribution in [2.75, 3.05) is 0 Å². The maximum Gasteiger partial charge on any atom is 0.111 e. The van der Waals surface area contributed by atoms with Crippen LogP contribution in [-0.2, 0) is 0 Å². The number of hydrogen-bond donors (Lipinski definition) is 1. The molecule has 0 saturated heterocycles. The Morgan fingerprint density at radius 2 is 2.05 bits per heavy atom. The molecule has 1 fully saturated rings. The number of halogens is 1. The van der Waals surface area contributed by atoms with Crippen LogP contribution in [0.5, 0.6) is 0 Å². The Morgan fingerprint density at radius 3 is 2.86 bits per heavy atom. The van der Waals surface area contributed by atoms with Crippen molar-refractivity contribution >= 4 is 0 Å². The van der Waals surface area contributed by atoms with Crippen molar-refractivity contribution in [1.29, 1.82) is 0 Å². The Bertz CT molecular complexity index is 673. The van der Waals surface area contributed by atoms with Gasteiger partial charge in [0.25, 0.3) is 0 Å². The van der Waals surface area contributed by atoms with Crippen LogP contribution in [-0.4, -0.2) is 26.4 Å². The van der Waals surface area contributed by atoms with E-state index in [-0.39, 0.29) is 12.1 Å². The van der Waals surface area contributed by atoms with Crippen LogP contribution < -0.4 is 0 Å². The van der Waals surface area contributed by atoms with Gasteiger partial charge in [-0.3, -0.25) is 0 Å². The van der Waals surface area contributed by atoms with Crippen LogP contribution in [0.3, 0.4) is 0 Å². The van der Waals surface area contributed by atoms with Gasteiger partial charge in [0.15, 0.2) is 0 Å². The second-order valence-electron chi connectivity index (χ2n) is 6.71. The van der Waals surface area contributed by atoms with E-state index in [0.29, 0.717) is 32.1 Å².